The highest BCUT2D eigenvalue weighted by Crippen LogP contribution is 2.28. The number of nitrogens with zero attached hydrogens (tertiary/aromatic N) is 4. The lowest BCUT2D eigenvalue weighted by Crippen LogP contribution is -1.96. The van der Waals surface area contributed by atoms with Gasteiger partial charge in [-0.05, 0) is 19.6 Å². The second kappa shape index (κ2) is 10.5. The normalized spacial score (nSPS) is 10.8. The number of nitriles is 1. The zero-order valence-electron chi connectivity index (χ0n) is 12.6. The minimum absolute atomic E-state index is 0.378. The van der Waals surface area contributed by atoms with Crippen LogP contribution in [-0.2, 0) is 4.74 Å². The van der Waals surface area contributed by atoms with Crippen molar-refractivity contribution in [2.75, 3.05) is 18.6 Å². The number of aliphatic imine (C=N–C) groups is 1. The van der Waals surface area contributed by atoms with Crippen LogP contribution in [0.15, 0.2) is 15.2 Å². The van der Waals surface area contributed by atoms with E-state index in [1.807, 2.05) is 13.2 Å². The first-order valence-corrected chi connectivity index (χ1v) is 9.10. The van der Waals surface area contributed by atoms with Gasteiger partial charge < -0.3 is 4.74 Å². The van der Waals surface area contributed by atoms with Crippen molar-refractivity contribution < 1.29 is 4.74 Å². The van der Waals surface area contributed by atoms with E-state index in [1.54, 1.807) is 11.8 Å². The fraction of sp³-hybridized carbons (Fsp3) is 0.571. The largest absolute Gasteiger partial charge is 0.483 e. The summed E-state index contributed by atoms with van der Waals surface area (Å²) in [5.74, 6) is 1.35. The standard InChI is InChI=1S/C14H20N4OS2/c1-4-6-7-8-21-14-17-12(16-10-19-5-2)11(9-15)13(18-14)20-3/h10H,4-8H2,1-3H3. The van der Waals surface area contributed by atoms with Gasteiger partial charge in [0.25, 0.3) is 0 Å². The maximum atomic E-state index is 9.26. The molecule has 5 nitrogen and oxygen atoms in total. The van der Waals surface area contributed by atoms with Crippen molar-refractivity contribution in [1.82, 2.24) is 9.97 Å². The maximum Gasteiger partial charge on any atom is 0.190 e. The number of ether oxygens (including phenoxy) is 1. The van der Waals surface area contributed by atoms with E-state index in [-0.39, 0.29) is 0 Å². The number of unbranched alkanes of at least 4 members (excludes halogenated alkanes) is 2. The van der Waals surface area contributed by atoms with Crippen LogP contribution in [0.5, 0.6) is 0 Å². The molecular formula is C14H20N4OS2. The van der Waals surface area contributed by atoms with Gasteiger partial charge in [0.1, 0.15) is 16.7 Å². The highest BCUT2D eigenvalue weighted by atomic mass is 32.2. The fourth-order valence-electron chi connectivity index (χ4n) is 1.49. The first-order chi connectivity index (χ1) is 10.3. The Hall–Kier alpha value is -1.26. The maximum absolute atomic E-state index is 9.26. The minimum atomic E-state index is 0.378. The summed E-state index contributed by atoms with van der Waals surface area (Å²) in [6, 6.07) is 2.12. The van der Waals surface area contributed by atoms with E-state index in [4.69, 9.17) is 4.74 Å². The van der Waals surface area contributed by atoms with E-state index < -0.39 is 0 Å². The molecule has 0 fully saturated rings. The van der Waals surface area contributed by atoms with Crippen molar-refractivity contribution in [1.29, 1.82) is 5.26 Å². The first-order valence-electron chi connectivity index (χ1n) is 6.89. The summed E-state index contributed by atoms with van der Waals surface area (Å²) >= 11 is 3.03. The van der Waals surface area contributed by atoms with Gasteiger partial charge in [-0.3, -0.25) is 0 Å². The number of aromatic nitrogens is 2. The SMILES string of the molecule is CCCCCSc1nc(N=COCC)c(C#N)c(SC)n1. The average molecular weight is 324 g/mol. The van der Waals surface area contributed by atoms with Crippen molar-refractivity contribution in [2.45, 2.75) is 43.3 Å². The molecule has 0 aromatic carbocycles. The third-order valence-corrected chi connectivity index (χ3v) is 4.15. The van der Waals surface area contributed by atoms with Gasteiger partial charge in [-0.1, -0.05) is 31.5 Å². The van der Waals surface area contributed by atoms with Crippen LogP contribution in [0.4, 0.5) is 5.82 Å². The molecule has 0 radical (unpaired) electrons. The zero-order chi connectivity index (χ0) is 15.5. The van der Waals surface area contributed by atoms with Gasteiger partial charge in [0, 0.05) is 5.75 Å². The Balaban J connectivity index is 2.95. The van der Waals surface area contributed by atoms with Gasteiger partial charge in [0.15, 0.2) is 17.4 Å². The molecule has 0 saturated heterocycles. The molecule has 1 aromatic heterocycles. The molecule has 0 amide bonds. The molecule has 0 aliphatic carbocycles. The second-order valence-electron chi connectivity index (χ2n) is 4.07. The molecule has 7 heteroatoms. The molecule has 0 N–H and O–H groups in total. The van der Waals surface area contributed by atoms with Gasteiger partial charge in [0.2, 0.25) is 0 Å². The van der Waals surface area contributed by atoms with Crippen LogP contribution in [0.1, 0.15) is 38.7 Å². The molecule has 21 heavy (non-hydrogen) atoms. The molecule has 0 aliphatic heterocycles. The van der Waals surface area contributed by atoms with Crippen LogP contribution < -0.4 is 0 Å². The van der Waals surface area contributed by atoms with E-state index in [2.05, 4.69) is 28.0 Å². The molecule has 1 aromatic rings. The summed E-state index contributed by atoms with van der Waals surface area (Å²) in [6.07, 6.45) is 6.75. The van der Waals surface area contributed by atoms with Crippen molar-refractivity contribution in [3.63, 3.8) is 0 Å². The van der Waals surface area contributed by atoms with Gasteiger partial charge in [0.05, 0.1) is 6.61 Å². The molecule has 0 saturated carbocycles. The summed E-state index contributed by atoms with van der Waals surface area (Å²) in [7, 11) is 0. The van der Waals surface area contributed by atoms with Crippen LogP contribution in [0.2, 0.25) is 0 Å². The summed E-state index contributed by atoms with van der Waals surface area (Å²) in [4.78, 5) is 12.9. The first kappa shape index (κ1) is 17.8. The van der Waals surface area contributed by atoms with Crippen LogP contribution >= 0.6 is 23.5 Å². The number of hydrogen-bond donors (Lipinski definition) is 0. The minimum Gasteiger partial charge on any atom is -0.483 e. The molecule has 0 aliphatic rings. The Morgan fingerprint density at radius 2 is 2.14 bits per heavy atom. The van der Waals surface area contributed by atoms with Crippen LogP contribution in [0.3, 0.4) is 0 Å². The predicted octanol–water partition coefficient (Wildman–Crippen LogP) is 4.05. The molecule has 0 spiro atoms. The highest BCUT2D eigenvalue weighted by molar-refractivity contribution is 7.99. The van der Waals surface area contributed by atoms with Crippen LogP contribution in [-0.4, -0.2) is 35.0 Å². The third kappa shape index (κ3) is 5.94. The Morgan fingerprint density at radius 1 is 1.33 bits per heavy atom. The molecule has 1 heterocycles. The monoisotopic (exact) mass is 324 g/mol. The van der Waals surface area contributed by atoms with Gasteiger partial charge in [-0.2, -0.15) is 10.3 Å². The van der Waals surface area contributed by atoms with Crippen LogP contribution in [0.25, 0.3) is 0 Å². The molecule has 0 atom stereocenters. The summed E-state index contributed by atoms with van der Waals surface area (Å²) in [6.45, 7) is 4.58. The Morgan fingerprint density at radius 3 is 2.76 bits per heavy atom. The molecule has 0 unspecified atom stereocenters. The molecule has 114 valence electrons. The van der Waals surface area contributed by atoms with E-state index in [1.165, 1.54) is 31.0 Å². The van der Waals surface area contributed by atoms with E-state index in [0.717, 1.165) is 12.2 Å². The zero-order valence-corrected chi connectivity index (χ0v) is 14.3. The summed E-state index contributed by atoms with van der Waals surface area (Å²) in [5, 5.41) is 10.6. The Kier molecular flexibility index (Phi) is 8.87. The lowest BCUT2D eigenvalue weighted by Gasteiger charge is -2.06. The van der Waals surface area contributed by atoms with Crippen molar-refractivity contribution in [3.8, 4) is 6.07 Å². The predicted molar refractivity (Wildman–Crippen MR) is 88.6 cm³/mol. The Bertz CT molecular complexity index is 514. The van der Waals surface area contributed by atoms with Crippen LogP contribution in [0, 0.1) is 11.3 Å². The smallest absolute Gasteiger partial charge is 0.190 e. The fourth-order valence-corrected chi connectivity index (χ4v) is 2.91. The average Bonchev–Trinajstić information content (AvgIpc) is 2.51. The topological polar surface area (TPSA) is 71.2 Å². The van der Waals surface area contributed by atoms with E-state index >= 15 is 0 Å². The number of rotatable bonds is 9. The van der Waals surface area contributed by atoms with Gasteiger partial charge in [-0.25, -0.2) is 9.97 Å². The molecule has 0 bridgehead atoms. The van der Waals surface area contributed by atoms with Gasteiger partial charge >= 0.3 is 0 Å². The highest BCUT2D eigenvalue weighted by Gasteiger charge is 2.13. The van der Waals surface area contributed by atoms with Gasteiger partial charge in [-0.15, -0.1) is 11.8 Å². The quantitative estimate of drug-likeness (QED) is 0.170. The van der Waals surface area contributed by atoms with Crippen molar-refractivity contribution >= 4 is 35.7 Å². The second-order valence-corrected chi connectivity index (χ2v) is 5.93. The van der Waals surface area contributed by atoms with E-state index in [9.17, 15) is 5.26 Å². The summed E-state index contributed by atoms with van der Waals surface area (Å²) < 4.78 is 5.09. The molecular weight excluding hydrogens is 304 g/mol. The lowest BCUT2D eigenvalue weighted by molar-refractivity contribution is 0.344. The third-order valence-electron chi connectivity index (χ3n) is 2.54. The van der Waals surface area contributed by atoms with E-state index in [0.29, 0.717) is 28.2 Å². The van der Waals surface area contributed by atoms with Crippen molar-refractivity contribution in [2.24, 2.45) is 4.99 Å². The number of hydrogen-bond acceptors (Lipinski definition) is 7. The lowest BCUT2D eigenvalue weighted by atomic mass is 10.3. The van der Waals surface area contributed by atoms with Crippen molar-refractivity contribution in [3.05, 3.63) is 5.56 Å². The molecule has 1 rings (SSSR count). The Labute approximate surface area is 134 Å². The summed E-state index contributed by atoms with van der Waals surface area (Å²) in [5.41, 5.74) is 0.399. The number of thioether (sulfide) groups is 2.